The number of carbonyl (C=O) groups excluding carboxylic acids is 1. The summed E-state index contributed by atoms with van der Waals surface area (Å²) in [6.07, 6.45) is 3.17. The maximum Gasteiger partial charge on any atom is 0.156 e. The van der Waals surface area contributed by atoms with Gasteiger partial charge in [-0.15, -0.1) is 0 Å². The SMILES string of the molecule is CC(C)S(=O)(=O)Cc1ccc(CCc2ccc(N3CCC(=O)CC3)cc2)cc1. The van der Waals surface area contributed by atoms with Crippen LogP contribution in [0.25, 0.3) is 0 Å². The molecule has 0 radical (unpaired) electrons. The van der Waals surface area contributed by atoms with E-state index in [1.165, 1.54) is 16.8 Å². The number of anilines is 1. The molecule has 5 heteroatoms. The molecule has 3 rings (SSSR count). The smallest absolute Gasteiger partial charge is 0.156 e. The standard InChI is InChI=1S/C23H29NO3S/c1-18(2)28(26,27)17-21-7-5-19(6-8-21)3-4-20-9-11-22(12-10-20)24-15-13-23(25)14-16-24/h5-12,18H,3-4,13-17H2,1-2H3. The van der Waals surface area contributed by atoms with Gasteiger partial charge in [-0.3, -0.25) is 4.79 Å². The van der Waals surface area contributed by atoms with Gasteiger partial charge >= 0.3 is 0 Å². The van der Waals surface area contributed by atoms with Gasteiger partial charge in [-0.05, 0) is 55.5 Å². The van der Waals surface area contributed by atoms with Crippen molar-refractivity contribution in [1.82, 2.24) is 0 Å². The van der Waals surface area contributed by atoms with E-state index in [1.807, 2.05) is 24.3 Å². The van der Waals surface area contributed by atoms with E-state index in [0.717, 1.165) is 31.5 Å². The van der Waals surface area contributed by atoms with Gasteiger partial charge in [0, 0.05) is 31.6 Å². The maximum atomic E-state index is 12.0. The molecule has 2 aromatic carbocycles. The van der Waals surface area contributed by atoms with E-state index < -0.39 is 9.84 Å². The monoisotopic (exact) mass is 399 g/mol. The highest BCUT2D eigenvalue weighted by atomic mass is 32.2. The van der Waals surface area contributed by atoms with Crippen molar-refractivity contribution >= 4 is 21.3 Å². The Kier molecular flexibility index (Phi) is 6.55. The van der Waals surface area contributed by atoms with E-state index in [2.05, 4.69) is 29.2 Å². The Morgan fingerprint density at radius 1 is 0.821 bits per heavy atom. The number of hydrogen-bond acceptors (Lipinski definition) is 4. The van der Waals surface area contributed by atoms with Gasteiger partial charge in [0.15, 0.2) is 9.84 Å². The number of ketones is 1. The fourth-order valence-electron chi connectivity index (χ4n) is 3.38. The lowest BCUT2D eigenvalue weighted by Gasteiger charge is -2.28. The molecule has 0 aromatic heterocycles. The van der Waals surface area contributed by atoms with Crippen LogP contribution in [0.5, 0.6) is 0 Å². The first-order valence-corrected chi connectivity index (χ1v) is 11.7. The topological polar surface area (TPSA) is 54.5 Å². The van der Waals surface area contributed by atoms with E-state index in [4.69, 9.17) is 0 Å². The highest BCUT2D eigenvalue weighted by Crippen LogP contribution is 2.20. The molecule has 0 unspecified atom stereocenters. The fourth-order valence-corrected chi connectivity index (χ4v) is 4.37. The normalized spacial score (nSPS) is 15.2. The summed E-state index contributed by atoms with van der Waals surface area (Å²) >= 11 is 0. The van der Waals surface area contributed by atoms with Crippen LogP contribution in [-0.2, 0) is 33.2 Å². The Balaban J connectivity index is 1.53. The third-order valence-electron chi connectivity index (χ3n) is 5.43. The number of benzene rings is 2. The van der Waals surface area contributed by atoms with Gasteiger partial charge in [-0.1, -0.05) is 36.4 Å². The summed E-state index contributed by atoms with van der Waals surface area (Å²) in [5.41, 5.74) is 4.53. The van der Waals surface area contributed by atoms with Crippen LogP contribution in [0.2, 0.25) is 0 Å². The lowest BCUT2D eigenvalue weighted by Crippen LogP contribution is -2.33. The summed E-state index contributed by atoms with van der Waals surface area (Å²) in [6, 6.07) is 16.5. The van der Waals surface area contributed by atoms with E-state index in [9.17, 15) is 13.2 Å². The predicted octanol–water partition coefficient (Wildman–Crippen LogP) is 3.96. The first kappa shape index (κ1) is 20.6. The van der Waals surface area contributed by atoms with Crippen LogP contribution in [0.4, 0.5) is 5.69 Å². The van der Waals surface area contributed by atoms with Crippen molar-refractivity contribution < 1.29 is 13.2 Å². The summed E-state index contributed by atoms with van der Waals surface area (Å²) in [6.45, 7) is 5.08. The molecule has 0 saturated carbocycles. The van der Waals surface area contributed by atoms with Gasteiger partial charge < -0.3 is 4.90 Å². The van der Waals surface area contributed by atoms with E-state index in [1.54, 1.807) is 13.8 Å². The van der Waals surface area contributed by atoms with Crippen molar-refractivity contribution in [2.45, 2.75) is 50.5 Å². The molecule has 1 saturated heterocycles. The van der Waals surface area contributed by atoms with Crippen LogP contribution in [0, 0.1) is 0 Å². The van der Waals surface area contributed by atoms with Gasteiger partial charge in [-0.25, -0.2) is 8.42 Å². The molecule has 2 aromatic rings. The van der Waals surface area contributed by atoms with Gasteiger partial charge in [0.25, 0.3) is 0 Å². The minimum Gasteiger partial charge on any atom is -0.371 e. The second-order valence-electron chi connectivity index (χ2n) is 7.86. The number of hydrogen-bond donors (Lipinski definition) is 0. The van der Waals surface area contributed by atoms with Crippen molar-refractivity contribution in [2.24, 2.45) is 0 Å². The largest absolute Gasteiger partial charge is 0.371 e. The van der Waals surface area contributed by atoms with Gasteiger partial charge in [0.1, 0.15) is 5.78 Å². The molecule has 0 spiro atoms. The second kappa shape index (κ2) is 8.91. The summed E-state index contributed by atoms with van der Waals surface area (Å²) in [4.78, 5) is 13.6. The highest BCUT2D eigenvalue weighted by Gasteiger charge is 2.17. The van der Waals surface area contributed by atoms with Crippen molar-refractivity contribution in [3.8, 4) is 0 Å². The Morgan fingerprint density at radius 3 is 1.79 bits per heavy atom. The second-order valence-corrected chi connectivity index (χ2v) is 10.4. The van der Waals surface area contributed by atoms with Crippen molar-refractivity contribution in [1.29, 1.82) is 0 Å². The van der Waals surface area contributed by atoms with Crippen LogP contribution in [0.15, 0.2) is 48.5 Å². The molecule has 28 heavy (non-hydrogen) atoms. The number of sulfone groups is 1. The molecule has 0 aliphatic carbocycles. The molecule has 1 aliphatic heterocycles. The predicted molar refractivity (Wildman–Crippen MR) is 115 cm³/mol. The Labute approximate surface area is 168 Å². The van der Waals surface area contributed by atoms with E-state index >= 15 is 0 Å². The Morgan fingerprint density at radius 2 is 1.29 bits per heavy atom. The average Bonchev–Trinajstić information content (AvgIpc) is 2.68. The molecule has 1 fully saturated rings. The summed E-state index contributed by atoms with van der Waals surface area (Å²) in [5, 5.41) is -0.347. The molecule has 4 nitrogen and oxygen atoms in total. The zero-order valence-corrected chi connectivity index (χ0v) is 17.5. The van der Waals surface area contributed by atoms with E-state index in [-0.39, 0.29) is 11.0 Å². The van der Waals surface area contributed by atoms with Crippen LogP contribution in [0.3, 0.4) is 0 Å². The van der Waals surface area contributed by atoms with Crippen LogP contribution in [0.1, 0.15) is 43.4 Å². The summed E-state index contributed by atoms with van der Waals surface area (Å²) < 4.78 is 24.1. The Hall–Kier alpha value is -2.14. The quantitative estimate of drug-likeness (QED) is 0.707. The number of piperidine rings is 1. The lowest BCUT2D eigenvalue weighted by molar-refractivity contribution is -0.119. The number of aryl methyl sites for hydroxylation is 2. The van der Waals surface area contributed by atoms with E-state index in [0.29, 0.717) is 18.6 Å². The van der Waals surface area contributed by atoms with Gasteiger partial charge in [0.2, 0.25) is 0 Å². The van der Waals surface area contributed by atoms with Crippen molar-refractivity contribution in [2.75, 3.05) is 18.0 Å². The minimum absolute atomic E-state index is 0.106. The van der Waals surface area contributed by atoms with Gasteiger partial charge in [-0.2, -0.15) is 0 Å². The zero-order valence-electron chi connectivity index (χ0n) is 16.7. The molecular formula is C23H29NO3S. The highest BCUT2D eigenvalue weighted by molar-refractivity contribution is 7.91. The number of Topliss-reactive ketones (excluding diaryl/α,β-unsaturated/α-hetero) is 1. The maximum absolute atomic E-state index is 12.0. The molecule has 150 valence electrons. The molecule has 1 aliphatic rings. The molecular weight excluding hydrogens is 370 g/mol. The minimum atomic E-state index is -3.06. The molecule has 0 atom stereocenters. The first-order valence-electron chi connectivity index (χ1n) is 9.98. The third-order valence-corrected chi connectivity index (χ3v) is 7.61. The molecule has 0 N–H and O–H groups in total. The summed E-state index contributed by atoms with van der Waals surface area (Å²) in [5.74, 6) is 0.467. The van der Waals surface area contributed by atoms with Crippen molar-refractivity contribution in [3.05, 3.63) is 65.2 Å². The number of nitrogens with zero attached hydrogens (tertiary/aromatic N) is 1. The zero-order chi connectivity index (χ0) is 20.1. The van der Waals surface area contributed by atoms with Crippen molar-refractivity contribution in [3.63, 3.8) is 0 Å². The van der Waals surface area contributed by atoms with Crippen LogP contribution in [-0.4, -0.2) is 32.5 Å². The summed E-state index contributed by atoms with van der Waals surface area (Å²) in [7, 11) is -3.06. The van der Waals surface area contributed by atoms with Gasteiger partial charge in [0.05, 0.1) is 11.0 Å². The third kappa shape index (κ3) is 5.44. The first-order chi connectivity index (χ1) is 13.3. The fraction of sp³-hybridized carbons (Fsp3) is 0.435. The molecule has 1 heterocycles. The molecule has 0 bridgehead atoms. The van der Waals surface area contributed by atoms with Crippen LogP contribution >= 0.6 is 0 Å². The van der Waals surface area contributed by atoms with Crippen LogP contribution < -0.4 is 4.90 Å². The Bertz CT molecular complexity index is 890. The lowest BCUT2D eigenvalue weighted by atomic mass is 10.0. The number of carbonyl (C=O) groups is 1. The average molecular weight is 400 g/mol. The molecule has 0 amide bonds. The number of rotatable bonds is 7.